The number of hydrogen-bond acceptors (Lipinski definition) is 6. The van der Waals surface area contributed by atoms with Gasteiger partial charge in [0.25, 0.3) is 0 Å². The van der Waals surface area contributed by atoms with Gasteiger partial charge in [-0.25, -0.2) is 13.2 Å². The minimum absolute atomic E-state index is 0.0682. The standard InChI is InChI=1S/C28H27ClN4O5S/c1-38-22-10-6-19(7-11-22)27-31-25(18-8-12-23(13-9-18)39(2,36)37)26(20-4-3-5-21(29)16-20)33(27)28(35)32-15-14-30-24(34)17-32/h3-13,16,25-26H,14-15,17H2,1-2H3,(H,30,34). The number of halogens is 1. The number of ether oxygens (including phenoxy) is 1. The normalized spacial score (nSPS) is 19.5. The topological polar surface area (TPSA) is 108 Å². The molecule has 2 unspecified atom stereocenters. The number of amidine groups is 1. The van der Waals surface area contributed by atoms with E-state index in [9.17, 15) is 18.0 Å². The minimum Gasteiger partial charge on any atom is -0.497 e. The van der Waals surface area contributed by atoms with Gasteiger partial charge < -0.3 is 15.0 Å². The Morgan fingerprint density at radius 2 is 1.77 bits per heavy atom. The van der Waals surface area contributed by atoms with E-state index < -0.39 is 21.9 Å². The quantitative estimate of drug-likeness (QED) is 0.505. The zero-order chi connectivity index (χ0) is 27.7. The molecular weight excluding hydrogens is 540 g/mol. The third kappa shape index (κ3) is 5.48. The molecule has 202 valence electrons. The summed E-state index contributed by atoms with van der Waals surface area (Å²) in [6.45, 7) is 0.639. The van der Waals surface area contributed by atoms with Crippen LogP contribution in [0.25, 0.3) is 0 Å². The Hall–Kier alpha value is -3.89. The highest BCUT2D eigenvalue weighted by Crippen LogP contribution is 2.44. The first kappa shape index (κ1) is 26.7. The van der Waals surface area contributed by atoms with E-state index in [-0.39, 0.29) is 23.4 Å². The maximum Gasteiger partial charge on any atom is 0.326 e. The summed E-state index contributed by atoms with van der Waals surface area (Å²) in [7, 11) is -1.82. The molecule has 3 aromatic carbocycles. The molecule has 2 aliphatic heterocycles. The fourth-order valence-electron chi connectivity index (χ4n) is 4.85. The van der Waals surface area contributed by atoms with E-state index in [2.05, 4.69) is 5.32 Å². The number of carbonyl (C=O) groups is 2. The molecule has 0 spiro atoms. The first-order valence-corrected chi connectivity index (χ1v) is 14.5. The van der Waals surface area contributed by atoms with E-state index >= 15 is 0 Å². The van der Waals surface area contributed by atoms with Gasteiger partial charge in [-0.1, -0.05) is 35.9 Å². The summed E-state index contributed by atoms with van der Waals surface area (Å²) in [5.41, 5.74) is 2.17. The second-order valence-electron chi connectivity index (χ2n) is 9.39. The number of urea groups is 1. The maximum atomic E-state index is 14.1. The largest absolute Gasteiger partial charge is 0.497 e. The second-order valence-corrected chi connectivity index (χ2v) is 11.8. The van der Waals surface area contributed by atoms with Crippen LogP contribution in [-0.4, -0.2) is 69.0 Å². The number of benzene rings is 3. The van der Waals surface area contributed by atoms with Crippen molar-refractivity contribution in [3.8, 4) is 5.75 Å². The van der Waals surface area contributed by atoms with Gasteiger partial charge in [-0.2, -0.15) is 0 Å². The minimum atomic E-state index is -3.39. The molecule has 11 heteroatoms. The van der Waals surface area contributed by atoms with Crippen molar-refractivity contribution in [2.24, 2.45) is 4.99 Å². The van der Waals surface area contributed by atoms with Crippen LogP contribution < -0.4 is 10.1 Å². The Bertz CT molecular complexity index is 1540. The first-order valence-electron chi connectivity index (χ1n) is 12.3. The molecular formula is C28H27ClN4O5S. The number of nitrogens with one attached hydrogen (secondary N) is 1. The molecule has 0 saturated carbocycles. The summed E-state index contributed by atoms with van der Waals surface area (Å²) in [4.78, 5) is 34.7. The van der Waals surface area contributed by atoms with Crippen LogP contribution in [0.2, 0.25) is 5.02 Å². The number of amides is 3. The molecule has 0 radical (unpaired) electrons. The second kappa shape index (κ2) is 10.7. The fourth-order valence-corrected chi connectivity index (χ4v) is 5.68. The highest BCUT2D eigenvalue weighted by molar-refractivity contribution is 7.90. The average molecular weight is 567 g/mol. The lowest BCUT2D eigenvalue weighted by Crippen LogP contribution is -2.55. The summed E-state index contributed by atoms with van der Waals surface area (Å²) >= 11 is 6.39. The zero-order valence-electron chi connectivity index (χ0n) is 21.4. The number of piperazine rings is 1. The average Bonchev–Trinajstić information content (AvgIpc) is 3.33. The maximum absolute atomic E-state index is 14.1. The number of nitrogens with zero attached hydrogens (tertiary/aromatic N) is 3. The van der Waals surface area contributed by atoms with Crippen molar-refractivity contribution in [3.05, 3.63) is 94.5 Å². The first-order chi connectivity index (χ1) is 18.7. The molecule has 9 nitrogen and oxygen atoms in total. The molecule has 39 heavy (non-hydrogen) atoms. The van der Waals surface area contributed by atoms with Crippen molar-refractivity contribution in [1.29, 1.82) is 0 Å². The lowest BCUT2D eigenvalue weighted by Gasteiger charge is -2.35. The van der Waals surface area contributed by atoms with Crippen LogP contribution in [-0.2, 0) is 14.6 Å². The third-order valence-electron chi connectivity index (χ3n) is 6.77. The van der Waals surface area contributed by atoms with Crippen LogP contribution in [0.4, 0.5) is 4.79 Å². The molecule has 5 rings (SSSR count). The molecule has 3 aromatic rings. The highest BCUT2D eigenvalue weighted by atomic mass is 35.5. The molecule has 0 aromatic heterocycles. The lowest BCUT2D eigenvalue weighted by atomic mass is 9.93. The molecule has 2 heterocycles. The van der Waals surface area contributed by atoms with Crippen LogP contribution in [0.1, 0.15) is 28.8 Å². The zero-order valence-corrected chi connectivity index (χ0v) is 22.9. The van der Waals surface area contributed by atoms with Crippen molar-refractivity contribution < 1.29 is 22.7 Å². The van der Waals surface area contributed by atoms with Crippen molar-refractivity contribution in [2.45, 2.75) is 17.0 Å². The van der Waals surface area contributed by atoms with Crippen molar-refractivity contribution >= 4 is 39.2 Å². The highest BCUT2D eigenvalue weighted by Gasteiger charge is 2.44. The van der Waals surface area contributed by atoms with Crippen molar-refractivity contribution in [1.82, 2.24) is 15.1 Å². The van der Waals surface area contributed by atoms with Gasteiger partial charge in [0, 0.05) is 29.9 Å². The Kier molecular flexibility index (Phi) is 7.33. The summed E-state index contributed by atoms with van der Waals surface area (Å²) in [6, 6.07) is 19.4. The predicted molar refractivity (Wildman–Crippen MR) is 148 cm³/mol. The Balaban J connectivity index is 1.67. The van der Waals surface area contributed by atoms with Gasteiger partial charge in [-0.3, -0.25) is 14.7 Å². The number of rotatable bonds is 5. The van der Waals surface area contributed by atoms with Gasteiger partial charge >= 0.3 is 6.03 Å². The Morgan fingerprint density at radius 1 is 1.05 bits per heavy atom. The Morgan fingerprint density at radius 3 is 2.38 bits per heavy atom. The van der Waals surface area contributed by atoms with Gasteiger partial charge in [-0.15, -0.1) is 0 Å². The molecule has 2 atom stereocenters. The van der Waals surface area contributed by atoms with E-state index in [4.69, 9.17) is 21.3 Å². The van der Waals surface area contributed by atoms with E-state index in [0.717, 1.165) is 17.4 Å². The fraction of sp³-hybridized carbons (Fsp3) is 0.250. The summed E-state index contributed by atoms with van der Waals surface area (Å²) in [5.74, 6) is 0.849. The smallest absolute Gasteiger partial charge is 0.326 e. The van der Waals surface area contributed by atoms with Gasteiger partial charge in [0.2, 0.25) is 5.91 Å². The van der Waals surface area contributed by atoms with E-state index in [1.165, 1.54) is 4.90 Å². The van der Waals surface area contributed by atoms with Gasteiger partial charge in [0.1, 0.15) is 24.2 Å². The van der Waals surface area contributed by atoms with Gasteiger partial charge in [-0.05, 0) is 59.7 Å². The Labute approximate surface area is 232 Å². The summed E-state index contributed by atoms with van der Waals surface area (Å²) in [5, 5.41) is 3.25. The molecule has 0 bridgehead atoms. The monoisotopic (exact) mass is 566 g/mol. The molecule has 1 saturated heterocycles. The van der Waals surface area contributed by atoms with Crippen molar-refractivity contribution in [2.75, 3.05) is 33.0 Å². The molecule has 3 amide bonds. The third-order valence-corrected chi connectivity index (χ3v) is 8.13. The van der Waals surface area contributed by atoms with E-state index in [1.807, 2.05) is 24.3 Å². The number of aliphatic imine (C=N–C) groups is 1. The van der Waals surface area contributed by atoms with Gasteiger partial charge in [0.15, 0.2) is 9.84 Å². The van der Waals surface area contributed by atoms with Crippen LogP contribution in [0.3, 0.4) is 0 Å². The number of hydrogen-bond donors (Lipinski definition) is 1. The van der Waals surface area contributed by atoms with E-state index in [1.54, 1.807) is 60.5 Å². The van der Waals surface area contributed by atoms with Gasteiger partial charge in [0.05, 0.1) is 18.0 Å². The van der Waals surface area contributed by atoms with Crippen molar-refractivity contribution in [3.63, 3.8) is 0 Å². The predicted octanol–water partition coefficient (Wildman–Crippen LogP) is 3.85. The van der Waals surface area contributed by atoms with Crippen LogP contribution in [0.15, 0.2) is 82.7 Å². The molecule has 0 aliphatic carbocycles. The molecule has 1 N–H and O–H groups in total. The number of sulfone groups is 1. The van der Waals surface area contributed by atoms with E-state index in [0.29, 0.717) is 35.3 Å². The van der Waals surface area contributed by atoms with Crippen LogP contribution in [0.5, 0.6) is 5.75 Å². The number of methoxy groups -OCH3 is 1. The lowest BCUT2D eigenvalue weighted by molar-refractivity contribution is -0.123. The SMILES string of the molecule is COc1ccc(C2=NC(c3ccc(S(C)(=O)=O)cc3)C(c3cccc(Cl)c3)N2C(=O)N2CCNC(=O)C2)cc1. The molecule has 2 aliphatic rings. The number of carbonyl (C=O) groups excluding carboxylic acids is 2. The van der Waals surface area contributed by atoms with Crippen LogP contribution >= 0.6 is 11.6 Å². The van der Waals surface area contributed by atoms with Crippen LogP contribution in [0, 0.1) is 0 Å². The summed E-state index contributed by atoms with van der Waals surface area (Å²) in [6.07, 6.45) is 1.15. The molecule has 1 fully saturated rings. The summed E-state index contributed by atoms with van der Waals surface area (Å²) < 4.78 is 29.5.